The normalized spacial score (nSPS) is 14.1. The molecule has 0 saturated heterocycles. The summed E-state index contributed by atoms with van der Waals surface area (Å²) >= 11 is 2.25. The lowest BCUT2D eigenvalue weighted by Gasteiger charge is -2.29. The van der Waals surface area contributed by atoms with E-state index < -0.39 is 5.54 Å². The number of nitrogens with zero attached hydrogens (tertiary/aromatic N) is 1. The molecule has 1 aromatic carbocycles. The van der Waals surface area contributed by atoms with E-state index in [2.05, 4.69) is 32.8 Å². The fourth-order valence-corrected chi connectivity index (χ4v) is 2.24. The Morgan fingerprint density at radius 1 is 1.35 bits per heavy atom. The molecule has 0 fully saturated rings. The molecule has 20 heavy (non-hydrogen) atoms. The van der Waals surface area contributed by atoms with Crippen molar-refractivity contribution in [2.24, 2.45) is 0 Å². The van der Waals surface area contributed by atoms with Gasteiger partial charge in [0.05, 0.1) is 6.61 Å². The highest BCUT2D eigenvalue weighted by Crippen LogP contribution is 2.23. The second kappa shape index (κ2) is 7.95. The summed E-state index contributed by atoms with van der Waals surface area (Å²) in [5.74, 6) is -0.236. The summed E-state index contributed by atoms with van der Waals surface area (Å²) in [5.41, 5.74) is 0.117. The highest BCUT2D eigenvalue weighted by atomic mass is 127. The highest BCUT2D eigenvalue weighted by molar-refractivity contribution is 14.1. The van der Waals surface area contributed by atoms with Gasteiger partial charge in [-0.2, -0.15) is 0 Å². The molecular formula is C15H23IN2O2. The van der Waals surface area contributed by atoms with Crippen molar-refractivity contribution in [2.45, 2.75) is 19.4 Å². The largest absolute Gasteiger partial charge is 0.464 e. The van der Waals surface area contributed by atoms with Crippen molar-refractivity contribution in [3.8, 4) is 0 Å². The number of hydrogen-bond acceptors (Lipinski definition) is 4. The van der Waals surface area contributed by atoms with Gasteiger partial charge in [0.15, 0.2) is 0 Å². The summed E-state index contributed by atoms with van der Waals surface area (Å²) in [7, 11) is 4.02. The first kappa shape index (κ1) is 17.4. The number of hydrogen-bond donors (Lipinski definition) is 1. The minimum atomic E-state index is -0.809. The molecule has 1 rings (SSSR count). The summed E-state index contributed by atoms with van der Waals surface area (Å²) in [6.07, 6.45) is 0. The van der Waals surface area contributed by atoms with Gasteiger partial charge in [-0.3, -0.25) is 5.32 Å². The number of likely N-dealkylation sites (N-methyl/N-ethyl adjacent to an activating group) is 1. The van der Waals surface area contributed by atoms with Crippen LogP contribution in [0.25, 0.3) is 0 Å². The van der Waals surface area contributed by atoms with E-state index in [0.29, 0.717) is 13.2 Å². The van der Waals surface area contributed by atoms with Crippen LogP contribution < -0.4 is 5.32 Å². The molecule has 0 aliphatic carbocycles. The predicted octanol–water partition coefficient (Wildman–Crippen LogP) is 2.22. The van der Waals surface area contributed by atoms with Crippen LogP contribution in [0, 0.1) is 3.57 Å². The van der Waals surface area contributed by atoms with Crippen LogP contribution in [0.5, 0.6) is 0 Å². The average molecular weight is 390 g/mol. The monoisotopic (exact) mass is 390 g/mol. The molecule has 1 aromatic rings. The van der Waals surface area contributed by atoms with E-state index in [1.807, 2.05) is 52.2 Å². The zero-order valence-corrected chi connectivity index (χ0v) is 14.7. The van der Waals surface area contributed by atoms with Crippen LogP contribution in [0.1, 0.15) is 19.4 Å². The van der Waals surface area contributed by atoms with Crippen LogP contribution in [0.15, 0.2) is 24.3 Å². The van der Waals surface area contributed by atoms with E-state index in [1.165, 1.54) is 0 Å². The summed E-state index contributed by atoms with van der Waals surface area (Å²) in [5, 5.41) is 3.33. The van der Waals surface area contributed by atoms with Crippen LogP contribution >= 0.6 is 22.6 Å². The van der Waals surface area contributed by atoms with Crippen molar-refractivity contribution in [1.82, 2.24) is 10.2 Å². The molecule has 5 heteroatoms. The third kappa shape index (κ3) is 4.71. The minimum Gasteiger partial charge on any atom is -0.464 e. The van der Waals surface area contributed by atoms with Gasteiger partial charge in [-0.1, -0.05) is 12.1 Å². The van der Waals surface area contributed by atoms with Crippen LogP contribution in [-0.4, -0.2) is 44.7 Å². The Morgan fingerprint density at radius 2 is 1.95 bits per heavy atom. The summed E-state index contributed by atoms with van der Waals surface area (Å²) < 4.78 is 6.38. The van der Waals surface area contributed by atoms with E-state index in [-0.39, 0.29) is 5.97 Å². The van der Waals surface area contributed by atoms with E-state index in [0.717, 1.165) is 15.7 Å². The third-order valence-corrected chi connectivity index (χ3v) is 3.86. The van der Waals surface area contributed by atoms with Crippen LogP contribution in [0.3, 0.4) is 0 Å². The van der Waals surface area contributed by atoms with Gasteiger partial charge in [0.2, 0.25) is 0 Å². The Hall–Kier alpha value is -0.660. The number of rotatable bonds is 7. The van der Waals surface area contributed by atoms with Gasteiger partial charge in [0, 0.05) is 16.7 Å². The Kier molecular flexibility index (Phi) is 6.91. The Balaban J connectivity index is 2.93. The molecular weight excluding hydrogens is 367 g/mol. The number of esters is 1. The maximum absolute atomic E-state index is 12.3. The van der Waals surface area contributed by atoms with Crippen molar-refractivity contribution in [3.63, 3.8) is 0 Å². The van der Waals surface area contributed by atoms with Crippen molar-refractivity contribution in [3.05, 3.63) is 33.4 Å². The van der Waals surface area contributed by atoms with E-state index >= 15 is 0 Å². The first-order chi connectivity index (χ1) is 9.40. The number of ether oxygens (including phenoxy) is 1. The third-order valence-electron chi connectivity index (χ3n) is 3.14. The molecule has 0 saturated carbocycles. The smallest absolute Gasteiger partial charge is 0.330 e. The number of carbonyl (C=O) groups is 1. The Morgan fingerprint density at radius 3 is 2.45 bits per heavy atom. The van der Waals surface area contributed by atoms with Gasteiger partial charge >= 0.3 is 5.97 Å². The SMILES string of the molecule is CCOC(=O)C(C)(NCCN(C)C)c1ccc(I)cc1. The first-order valence-electron chi connectivity index (χ1n) is 6.73. The minimum absolute atomic E-state index is 0.236. The van der Waals surface area contributed by atoms with Gasteiger partial charge in [0.25, 0.3) is 0 Å². The lowest BCUT2D eigenvalue weighted by atomic mass is 9.92. The summed E-state index contributed by atoms with van der Waals surface area (Å²) in [6, 6.07) is 7.95. The van der Waals surface area contributed by atoms with Crippen molar-refractivity contribution in [1.29, 1.82) is 0 Å². The molecule has 1 atom stereocenters. The Labute approximate surface area is 135 Å². The van der Waals surface area contributed by atoms with Gasteiger partial charge in [-0.25, -0.2) is 4.79 Å². The Bertz CT molecular complexity index is 434. The van der Waals surface area contributed by atoms with E-state index in [1.54, 1.807) is 0 Å². The summed E-state index contributed by atoms with van der Waals surface area (Å²) in [6.45, 7) is 5.66. The fraction of sp³-hybridized carbons (Fsp3) is 0.533. The lowest BCUT2D eigenvalue weighted by molar-refractivity contribution is -0.151. The van der Waals surface area contributed by atoms with Crippen LogP contribution in [0.4, 0.5) is 0 Å². The first-order valence-corrected chi connectivity index (χ1v) is 7.81. The van der Waals surface area contributed by atoms with Crippen LogP contribution in [0.2, 0.25) is 0 Å². The molecule has 1 unspecified atom stereocenters. The molecule has 0 radical (unpaired) electrons. The molecule has 0 aliphatic heterocycles. The zero-order chi connectivity index (χ0) is 15.2. The number of halogens is 1. The standard InChI is InChI=1S/C15H23IN2O2/c1-5-20-14(19)15(2,17-10-11-18(3)4)12-6-8-13(16)9-7-12/h6-9,17H,5,10-11H2,1-4H3. The van der Waals surface area contributed by atoms with Crippen LogP contribution in [-0.2, 0) is 15.1 Å². The van der Waals surface area contributed by atoms with Crippen molar-refractivity contribution < 1.29 is 9.53 Å². The van der Waals surface area contributed by atoms with E-state index in [9.17, 15) is 4.79 Å². The number of benzene rings is 1. The quantitative estimate of drug-likeness (QED) is 0.573. The second-order valence-electron chi connectivity index (χ2n) is 5.08. The maximum atomic E-state index is 12.3. The molecule has 0 heterocycles. The maximum Gasteiger partial charge on any atom is 0.330 e. The van der Waals surface area contributed by atoms with Gasteiger partial charge in [-0.05, 0) is 68.2 Å². The average Bonchev–Trinajstić information content (AvgIpc) is 2.39. The number of nitrogens with one attached hydrogen (secondary N) is 1. The van der Waals surface area contributed by atoms with Gasteiger partial charge in [0.1, 0.15) is 5.54 Å². The molecule has 0 aromatic heterocycles. The second-order valence-corrected chi connectivity index (χ2v) is 6.33. The fourth-order valence-electron chi connectivity index (χ4n) is 1.88. The number of carbonyl (C=O) groups excluding carboxylic acids is 1. The van der Waals surface area contributed by atoms with Gasteiger partial charge < -0.3 is 9.64 Å². The predicted molar refractivity (Wildman–Crippen MR) is 89.7 cm³/mol. The molecule has 0 aliphatic rings. The molecule has 0 spiro atoms. The molecule has 0 bridgehead atoms. The van der Waals surface area contributed by atoms with Gasteiger partial charge in [-0.15, -0.1) is 0 Å². The summed E-state index contributed by atoms with van der Waals surface area (Å²) in [4.78, 5) is 14.4. The lowest BCUT2D eigenvalue weighted by Crippen LogP contribution is -2.49. The van der Waals surface area contributed by atoms with Crippen molar-refractivity contribution in [2.75, 3.05) is 33.8 Å². The van der Waals surface area contributed by atoms with Crippen molar-refractivity contribution >= 4 is 28.6 Å². The molecule has 0 amide bonds. The van der Waals surface area contributed by atoms with E-state index in [4.69, 9.17) is 4.74 Å². The molecule has 4 nitrogen and oxygen atoms in total. The molecule has 1 N–H and O–H groups in total. The highest BCUT2D eigenvalue weighted by Gasteiger charge is 2.36. The molecule has 112 valence electrons. The topological polar surface area (TPSA) is 41.6 Å². The zero-order valence-electron chi connectivity index (χ0n) is 12.6.